The number of aliphatic hydroxyl groups excluding tert-OH is 1. The van der Waals surface area contributed by atoms with Crippen LogP contribution in [-0.4, -0.2) is 41.3 Å². The van der Waals surface area contributed by atoms with Crippen molar-refractivity contribution < 1.29 is 9.90 Å². The van der Waals surface area contributed by atoms with Crippen molar-refractivity contribution in [3.8, 4) is 6.07 Å². The van der Waals surface area contributed by atoms with E-state index in [0.717, 1.165) is 16.5 Å². The minimum absolute atomic E-state index is 0.0589. The Hall–Kier alpha value is -2.58. The van der Waals surface area contributed by atoms with E-state index in [-0.39, 0.29) is 12.1 Å². The van der Waals surface area contributed by atoms with E-state index in [1.807, 2.05) is 30.3 Å². The summed E-state index contributed by atoms with van der Waals surface area (Å²) in [5.41, 5.74) is 1.41. The molecule has 5 heteroatoms. The highest BCUT2D eigenvalue weighted by Crippen LogP contribution is 2.35. The molecule has 0 spiro atoms. The number of carbonyl (C=O) groups is 1. The van der Waals surface area contributed by atoms with Gasteiger partial charge in [-0.2, -0.15) is 5.26 Å². The first-order valence-corrected chi connectivity index (χ1v) is 7.39. The van der Waals surface area contributed by atoms with Gasteiger partial charge >= 0.3 is 6.03 Å². The van der Waals surface area contributed by atoms with E-state index >= 15 is 0 Å². The standard InChI is InChI=1S/C17H15N3O2/c18-9-11-5-6-14(13-4-2-1-3-12(11)13)20-10-15-16(21)7-8-19(15)17(20)22/h1-6,15-16,21H,7-8,10H2/t15-,16-/m0/s1. The number of hydrogen-bond donors (Lipinski definition) is 1. The van der Waals surface area contributed by atoms with Crippen LogP contribution in [0.25, 0.3) is 10.8 Å². The van der Waals surface area contributed by atoms with Crippen molar-refractivity contribution >= 4 is 22.5 Å². The van der Waals surface area contributed by atoms with Crippen LogP contribution in [-0.2, 0) is 0 Å². The monoisotopic (exact) mass is 293 g/mol. The average Bonchev–Trinajstić information content (AvgIpc) is 3.07. The number of amides is 2. The van der Waals surface area contributed by atoms with Crippen LogP contribution >= 0.6 is 0 Å². The highest BCUT2D eigenvalue weighted by atomic mass is 16.3. The van der Waals surface area contributed by atoms with Gasteiger partial charge in [-0.05, 0) is 18.6 Å². The molecule has 2 aromatic rings. The number of benzene rings is 2. The topological polar surface area (TPSA) is 67.6 Å². The molecule has 22 heavy (non-hydrogen) atoms. The normalized spacial score (nSPS) is 23.9. The van der Waals surface area contributed by atoms with Gasteiger partial charge in [-0.3, -0.25) is 4.90 Å². The smallest absolute Gasteiger partial charge is 0.324 e. The number of hydrogen-bond acceptors (Lipinski definition) is 3. The largest absolute Gasteiger partial charge is 0.391 e. The second-order valence-corrected chi connectivity index (χ2v) is 5.80. The van der Waals surface area contributed by atoms with Gasteiger partial charge in [-0.25, -0.2) is 4.79 Å². The van der Waals surface area contributed by atoms with Crippen LogP contribution in [0.15, 0.2) is 36.4 Å². The number of nitriles is 1. The summed E-state index contributed by atoms with van der Waals surface area (Å²) in [6.45, 7) is 1.10. The Balaban J connectivity index is 1.83. The summed E-state index contributed by atoms with van der Waals surface area (Å²) in [4.78, 5) is 16.1. The lowest BCUT2D eigenvalue weighted by molar-refractivity contribution is 0.144. The van der Waals surface area contributed by atoms with E-state index in [1.165, 1.54) is 0 Å². The molecular weight excluding hydrogens is 278 g/mol. The third-order valence-corrected chi connectivity index (χ3v) is 4.67. The predicted molar refractivity (Wildman–Crippen MR) is 82.5 cm³/mol. The summed E-state index contributed by atoms with van der Waals surface area (Å²) in [7, 11) is 0. The maximum atomic E-state index is 12.6. The van der Waals surface area contributed by atoms with Gasteiger partial charge in [0.15, 0.2) is 0 Å². The van der Waals surface area contributed by atoms with Crippen LogP contribution in [0.2, 0.25) is 0 Å². The van der Waals surface area contributed by atoms with Crippen LogP contribution < -0.4 is 4.90 Å². The molecule has 4 rings (SSSR count). The maximum absolute atomic E-state index is 12.6. The van der Waals surface area contributed by atoms with E-state index in [4.69, 9.17) is 0 Å². The summed E-state index contributed by atoms with van der Waals surface area (Å²) in [5.74, 6) is 0. The minimum Gasteiger partial charge on any atom is -0.391 e. The van der Waals surface area contributed by atoms with Gasteiger partial charge in [0.25, 0.3) is 0 Å². The fourth-order valence-electron chi connectivity index (χ4n) is 3.53. The summed E-state index contributed by atoms with van der Waals surface area (Å²) in [6, 6.07) is 13.2. The van der Waals surface area contributed by atoms with Crippen molar-refractivity contribution in [1.29, 1.82) is 5.26 Å². The third kappa shape index (κ3) is 1.71. The molecule has 2 amide bonds. The van der Waals surface area contributed by atoms with Gasteiger partial charge in [0.1, 0.15) is 0 Å². The second-order valence-electron chi connectivity index (χ2n) is 5.80. The lowest BCUT2D eigenvalue weighted by Crippen LogP contribution is -2.32. The number of nitrogens with zero attached hydrogens (tertiary/aromatic N) is 3. The highest BCUT2D eigenvalue weighted by Gasteiger charge is 2.45. The number of fused-ring (bicyclic) bond motifs is 2. The Morgan fingerprint density at radius 2 is 1.95 bits per heavy atom. The molecule has 0 unspecified atom stereocenters. The van der Waals surface area contributed by atoms with Crippen LogP contribution in [0.5, 0.6) is 0 Å². The van der Waals surface area contributed by atoms with Crippen molar-refractivity contribution in [2.24, 2.45) is 0 Å². The zero-order chi connectivity index (χ0) is 15.3. The molecule has 0 aromatic heterocycles. The summed E-state index contributed by atoms with van der Waals surface area (Å²) in [5, 5.41) is 21.0. The highest BCUT2D eigenvalue weighted by molar-refractivity contribution is 6.06. The molecule has 5 nitrogen and oxygen atoms in total. The molecule has 2 aliphatic heterocycles. The molecule has 1 N–H and O–H groups in total. The third-order valence-electron chi connectivity index (χ3n) is 4.67. The van der Waals surface area contributed by atoms with E-state index in [9.17, 15) is 15.2 Å². The number of aliphatic hydroxyl groups is 1. The quantitative estimate of drug-likeness (QED) is 0.875. The average molecular weight is 293 g/mol. The molecule has 0 aliphatic carbocycles. The van der Waals surface area contributed by atoms with Crippen LogP contribution in [0.1, 0.15) is 12.0 Å². The summed E-state index contributed by atoms with van der Waals surface area (Å²) >= 11 is 0. The minimum atomic E-state index is -0.446. The maximum Gasteiger partial charge on any atom is 0.324 e. The van der Waals surface area contributed by atoms with Crippen molar-refractivity contribution in [1.82, 2.24) is 4.90 Å². The number of anilines is 1. The number of urea groups is 1. The predicted octanol–water partition coefficient (Wildman–Crippen LogP) is 2.09. The SMILES string of the molecule is N#Cc1ccc(N2C[C@H]3[C@@H](O)CCN3C2=O)c2ccccc12. The zero-order valence-corrected chi connectivity index (χ0v) is 11.9. The number of rotatable bonds is 1. The van der Waals surface area contributed by atoms with Crippen molar-refractivity contribution in [3.05, 3.63) is 42.0 Å². The molecule has 110 valence electrons. The Morgan fingerprint density at radius 1 is 1.18 bits per heavy atom. The molecule has 2 aliphatic rings. The molecule has 2 atom stereocenters. The molecule has 0 bridgehead atoms. The Kier molecular flexibility index (Phi) is 2.81. The van der Waals surface area contributed by atoms with E-state index in [1.54, 1.807) is 15.9 Å². The van der Waals surface area contributed by atoms with E-state index < -0.39 is 6.10 Å². The first-order valence-electron chi connectivity index (χ1n) is 7.39. The van der Waals surface area contributed by atoms with Crippen molar-refractivity contribution in [2.45, 2.75) is 18.6 Å². The lowest BCUT2D eigenvalue weighted by atomic mass is 10.0. The Morgan fingerprint density at radius 3 is 2.68 bits per heavy atom. The van der Waals surface area contributed by atoms with Gasteiger partial charge < -0.3 is 10.0 Å². The molecule has 0 radical (unpaired) electrons. The molecule has 2 aromatic carbocycles. The second kappa shape index (κ2) is 4.72. The van der Waals surface area contributed by atoms with E-state index in [0.29, 0.717) is 25.1 Å². The van der Waals surface area contributed by atoms with Crippen LogP contribution in [0.3, 0.4) is 0 Å². The van der Waals surface area contributed by atoms with Gasteiger partial charge in [0, 0.05) is 17.3 Å². The lowest BCUT2D eigenvalue weighted by Gasteiger charge is -2.19. The molecular formula is C17H15N3O2. The summed E-state index contributed by atoms with van der Waals surface area (Å²) < 4.78 is 0. The Bertz CT molecular complexity index is 811. The zero-order valence-electron chi connectivity index (χ0n) is 11.9. The molecule has 0 saturated carbocycles. The van der Waals surface area contributed by atoms with Crippen LogP contribution in [0.4, 0.5) is 10.5 Å². The molecule has 2 saturated heterocycles. The fraction of sp³-hybridized carbons (Fsp3) is 0.294. The first kappa shape index (κ1) is 13.1. The van der Waals surface area contributed by atoms with Crippen molar-refractivity contribution in [2.75, 3.05) is 18.0 Å². The van der Waals surface area contributed by atoms with Gasteiger partial charge in [-0.1, -0.05) is 24.3 Å². The van der Waals surface area contributed by atoms with E-state index in [2.05, 4.69) is 6.07 Å². The molecule has 2 heterocycles. The Labute approximate surface area is 128 Å². The van der Waals surface area contributed by atoms with Gasteiger partial charge in [0.2, 0.25) is 0 Å². The van der Waals surface area contributed by atoms with Crippen molar-refractivity contribution in [3.63, 3.8) is 0 Å². The van der Waals surface area contributed by atoms with Crippen LogP contribution in [0, 0.1) is 11.3 Å². The molecule has 2 fully saturated rings. The van der Waals surface area contributed by atoms with Gasteiger partial charge in [0.05, 0.1) is 36.0 Å². The van der Waals surface area contributed by atoms with Gasteiger partial charge in [-0.15, -0.1) is 0 Å². The fourth-order valence-corrected chi connectivity index (χ4v) is 3.53. The first-order chi connectivity index (χ1) is 10.7. The number of carbonyl (C=O) groups excluding carboxylic acids is 1. The summed E-state index contributed by atoms with van der Waals surface area (Å²) in [6.07, 6.45) is 0.205.